The third-order valence-electron chi connectivity index (χ3n) is 5.12. The highest BCUT2D eigenvalue weighted by Crippen LogP contribution is 2.31. The number of para-hydroxylation sites is 2. The maximum atomic E-state index is 5.93. The average Bonchev–Trinajstić information content (AvgIpc) is 3.13. The quantitative estimate of drug-likeness (QED) is 0.654. The van der Waals surface area contributed by atoms with E-state index in [-0.39, 0.29) is 0 Å². The normalized spacial score (nSPS) is 17.4. The zero-order valence-electron chi connectivity index (χ0n) is 16.3. The van der Waals surface area contributed by atoms with Gasteiger partial charge in [0.1, 0.15) is 5.82 Å². The van der Waals surface area contributed by atoms with Crippen LogP contribution in [0.4, 0.5) is 0 Å². The van der Waals surface area contributed by atoms with E-state index in [4.69, 9.17) is 14.5 Å². The molecule has 146 valence electrons. The van der Waals surface area contributed by atoms with Crippen molar-refractivity contribution in [3.8, 4) is 17.4 Å². The predicted octanol–water partition coefficient (Wildman–Crippen LogP) is 3.39. The van der Waals surface area contributed by atoms with Crippen molar-refractivity contribution in [2.24, 2.45) is 7.05 Å². The Labute approximate surface area is 165 Å². The largest absolute Gasteiger partial charge is 0.493 e. The first-order chi connectivity index (χ1) is 13.7. The molecule has 0 unspecified atom stereocenters. The molecule has 28 heavy (non-hydrogen) atoms. The molecule has 1 atom stereocenters. The van der Waals surface area contributed by atoms with Gasteiger partial charge >= 0.3 is 0 Å². The number of hydrogen-bond donors (Lipinski definition) is 0. The van der Waals surface area contributed by atoms with Crippen LogP contribution >= 0.6 is 0 Å². The number of likely N-dealkylation sites (tertiary alicyclic amines) is 1. The van der Waals surface area contributed by atoms with E-state index < -0.39 is 0 Å². The average molecular weight is 379 g/mol. The first-order valence-corrected chi connectivity index (χ1v) is 9.54. The Balaban J connectivity index is 1.47. The summed E-state index contributed by atoms with van der Waals surface area (Å²) in [7, 11) is 3.66. The number of nitrogens with zero attached hydrogens (tertiary/aromatic N) is 5. The lowest BCUT2D eigenvalue weighted by atomic mass is 9.95. The lowest BCUT2D eigenvalue weighted by Crippen LogP contribution is -2.35. The van der Waals surface area contributed by atoms with Gasteiger partial charge in [0.05, 0.1) is 25.5 Å². The summed E-state index contributed by atoms with van der Waals surface area (Å²) in [5.41, 5.74) is 0.969. The van der Waals surface area contributed by atoms with E-state index in [1.807, 2.05) is 49.9 Å². The fourth-order valence-corrected chi connectivity index (χ4v) is 3.61. The van der Waals surface area contributed by atoms with Gasteiger partial charge in [-0.2, -0.15) is 0 Å². The molecule has 1 aromatic carbocycles. The summed E-state index contributed by atoms with van der Waals surface area (Å²) in [5.74, 6) is 3.22. The van der Waals surface area contributed by atoms with Crippen molar-refractivity contribution in [2.45, 2.75) is 25.3 Å². The molecule has 0 spiro atoms. The summed E-state index contributed by atoms with van der Waals surface area (Å²) < 4.78 is 13.4. The lowest BCUT2D eigenvalue weighted by Gasteiger charge is -2.32. The van der Waals surface area contributed by atoms with Crippen LogP contribution in [0, 0.1) is 0 Å². The number of hydrogen-bond acceptors (Lipinski definition) is 6. The zero-order chi connectivity index (χ0) is 19.3. The molecular formula is C21H25N5O2. The second kappa shape index (κ2) is 8.39. The molecular weight excluding hydrogens is 354 g/mol. The van der Waals surface area contributed by atoms with Crippen molar-refractivity contribution in [3.63, 3.8) is 0 Å². The number of methoxy groups -OCH3 is 1. The van der Waals surface area contributed by atoms with Gasteiger partial charge in [-0.15, -0.1) is 0 Å². The molecule has 1 aliphatic rings. The monoisotopic (exact) mass is 379 g/mol. The van der Waals surface area contributed by atoms with Crippen LogP contribution in [0.5, 0.6) is 17.4 Å². The smallest absolute Gasteiger partial charge is 0.238 e. The zero-order valence-corrected chi connectivity index (χ0v) is 16.3. The van der Waals surface area contributed by atoms with Crippen LogP contribution in [-0.2, 0) is 13.6 Å². The van der Waals surface area contributed by atoms with Crippen LogP contribution in [0.3, 0.4) is 0 Å². The first kappa shape index (κ1) is 18.4. The molecule has 1 fully saturated rings. The van der Waals surface area contributed by atoms with Gasteiger partial charge in [-0.05, 0) is 31.5 Å². The lowest BCUT2D eigenvalue weighted by molar-refractivity contribution is 0.192. The van der Waals surface area contributed by atoms with Crippen molar-refractivity contribution in [2.75, 3.05) is 20.2 Å². The highest BCUT2D eigenvalue weighted by Gasteiger charge is 2.24. The number of ether oxygens (including phenoxy) is 2. The number of imidazole rings is 1. The van der Waals surface area contributed by atoms with Gasteiger partial charge in [0.15, 0.2) is 11.5 Å². The summed E-state index contributed by atoms with van der Waals surface area (Å²) in [6, 6.07) is 7.55. The Morgan fingerprint density at radius 3 is 2.82 bits per heavy atom. The van der Waals surface area contributed by atoms with Gasteiger partial charge in [-0.3, -0.25) is 9.88 Å². The fourth-order valence-electron chi connectivity index (χ4n) is 3.61. The van der Waals surface area contributed by atoms with Crippen LogP contribution < -0.4 is 9.47 Å². The molecule has 0 bridgehead atoms. The summed E-state index contributed by atoms with van der Waals surface area (Å²) >= 11 is 0. The molecule has 7 nitrogen and oxygen atoms in total. The Morgan fingerprint density at radius 2 is 2.04 bits per heavy atom. The van der Waals surface area contributed by atoms with Gasteiger partial charge in [0.25, 0.3) is 0 Å². The molecule has 1 aliphatic heterocycles. The van der Waals surface area contributed by atoms with Gasteiger partial charge < -0.3 is 14.0 Å². The molecule has 1 saturated heterocycles. The SMILES string of the molecule is COc1ccccc1Oc1cncc([C@H]2CCCN(Cc3nccn3C)C2)n1. The molecule has 0 aliphatic carbocycles. The fraction of sp³-hybridized carbons (Fsp3) is 0.381. The number of benzene rings is 1. The van der Waals surface area contributed by atoms with Crippen molar-refractivity contribution >= 4 is 0 Å². The van der Waals surface area contributed by atoms with Gasteiger partial charge in [0.2, 0.25) is 5.88 Å². The minimum absolute atomic E-state index is 0.336. The third kappa shape index (κ3) is 4.14. The van der Waals surface area contributed by atoms with E-state index in [0.717, 1.165) is 44.0 Å². The minimum atomic E-state index is 0.336. The maximum Gasteiger partial charge on any atom is 0.238 e. The summed E-state index contributed by atoms with van der Waals surface area (Å²) in [6.45, 7) is 2.87. The molecule has 2 aromatic heterocycles. The molecule has 3 heterocycles. The van der Waals surface area contributed by atoms with Gasteiger partial charge in [-0.1, -0.05) is 12.1 Å². The van der Waals surface area contributed by atoms with Crippen molar-refractivity contribution in [1.29, 1.82) is 0 Å². The molecule has 0 N–H and O–H groups in total. The number of aromatic nitrogens is 4. The molecule has 0 saturated carbocycles. The summed E-state index contributed by atoms with van der Waals surface area (Å²) in [4.78, 5) is 16.0. The molecule has 7 heteroatoms. The summed E-state index contributed by atoms with van der Waals surface area (Å²) in [6.07, 6.45) is 9.56. The third-order valence-corrected chi connectivity index (χ3v) is 5.12. The number of aryl methyl sites for hydroxylation is 1. The highest BCUT2D eigenvalue weighted by atomic mass is 16.5. The van der Waals surface area contributed by atoms with Gasteiger partial charge in [-0.25, -0.2) is 9.97 Å². The van der Waals surface area contributed by atoms with Crippen molar-refractivity contribution in [1.82, 2.24) is 24.4 Å². The molecule has 4 rings (SSSR count). The second-order valence-electron chi connectivity index (χ2n) is 7.06. The molecule has 0 radical (unpaired) electrons. The van der Waals surface area contributed by atoms with E-state index in [1.54, 1.807) is 13.3 Å². The molecule has 0 amide bonds. The van der Waals surface area contributed by atoms with E-state index in [0.29, 0.717) is 23.3 Å². The van der Waals surface area contributed by atoms with Crippen LogP contribution in [0.1, 0.15) is 30.3 Å². The second-order valence-corrected chi connectivity index (χ2v) is 7.06. The summed E-state index contributed by atoms with van der Waals surface area (Å²) in [5, 5.41) is 0. The van der Waals surface area contributed by atoms with E-state index in [2.05, 4.69) is 19.4 Å². The number of rotatable bonds is 6. The highest BCUT2D eigenvalue weighted by molar-refractivity contribution is 5.41. The Bertz CT molecular complexity index is 926. The Hall–Kier alpha value is -2.93. The van der Waals surface area contributed by atoms with Crippen LogP contribution in [0.25, 0.3) is 0 Å². The van der Waals surface area contributed by atoms with Crippen molar-refractivity contribution in [3.05, 3.63) is 60.6 Å². The van der Waals surface area contributed by atoms with E-state index in [1.165, 1.54) is 0 Å². The maximum absolute atomic E-state index is 5.93. The first-order valence-electron chi connectivity index (χ1n) is 9.54. The topological polar surface area (TPSA) is 65.3 Å². The standard InChI is InChI=1S/C21H25N5O2/c1-25-11-9-23-20(25)15-26-10-5-6-16(14-26)17-12-22-13-21(24-17)28-19-8-4-3-7-18(19)27-2/h3-4,7-9,11-13,16H,5-6,10,14-15H2,1-2H3/t16-/m0/s1. The van der Waals surface area contributed by atoms with Crippen LogP contribution in [-0.4, -0.2) is 44.6 Å². The van der Waals surface area contributed by atoms with Crippen LogP contribution in [0.2, 0.25) is 0 Å². The van der Waals surface area contributed by atoms with E-state index in [9.17, 15) is 0 Å². The number of piperidine rings is 1. The minimum Gasteiger partial charge on any atom is -0.493 e. The van der Waals surface area contributed by atoms with E-state index >= 15 is 0 Å². The molecule has 3 aromatic rings. The van der Waals surface area contributed by atoms with Crippen LogP contribution in [0.15, 0.2) is 49.1 Å². The van der Waals surface area contributed by atoms with Crippen molar-refractivity contribution < 1.29 is 9.47 Å². The Kier molecular flexibility index (Phi) is 5.53. The van der Waals surface area contributed by atoms with Gasteiger partial charge in [0, 0.05) is 38.1 Å². The Morgan fingerprint density at radius 1 is 1.18 bits per heavy atom. The predicted molar refractivity (Wildman–Crippen MR) is 106 cm³/mol.